The van der Waals surface area contributed by atoms with Crippen LogP contribution in [-0.4, -0.2) is 16.4 Å². The molecule has 0 atom stereocenters. The first-order chi connectivity index (χ1) is 13.6. The topological polar surface area (TPSA) is 42.3 Å². The quantitative estimate of drug-likeness (QED) is 0.439. The largest absolute Gasteiger partial charge is 0.342 e. The van der Waals surface area contributed by atoms with Gasteiger partial charge in [0, 0.05) is 23.0 Å². The van der Waals surface area contributed by atoms with Crippen molar-refractivity contribution in [2.24, 2.45) is 7.05 Å². The van der Waals surface area contributed by atoms with E-state index in [2.05, 4.69) is 0 Å². The van der Waals surface area contributed by atoms with Gasteiger partial charge in [-0.05, 0) is 30.3 Å². The van der Waals surface area contributed by atoms with Gasteiger partial charge in [0.1, 0.15) is 0 Å². The van der Waals surface area contributed by atoms with E-state index in [1.54, 1.807) is 24.3 Å². The second kappa shape index (κ2) is 6.08. The van der Waals surface area contributed by atoms with Crippen molar-refractivity contribution >= 4 is 40.0 Å². The number of rotatable bonds is 2. The minimum absolute atomic E-state index is 0.315. The summed E-state index contributed by atoms with van der Waals surface area (Å²) in [7, 11) is 1.93. The average molecular weight is 387 g/mol. The van der Waals surface area contributed by atoms with Crippen LogP contribution in [0.25, 0.3) is 22.2 Å². The Labute approximate surface area is 166 Å². The van der Waals surface area contributed by atoms with E-state index in [-0.39, 0.29) is 11.8 Å². The van der Waals surface area contributed by atoms with E-state index in [4.69, 9.17) is 11.6 Å². The molecule has 1 aliphatic rings. The minimum atomic E-state index is -0.315. The van der Waals surface area contributed by atoms with E-state index in [1.807, 2.05) is 60.1 Å². The molecule has 5 rings (SSSR count). The predicted octanol–water partition coefficient (Wildman–Crippen LogP) is 5.30. The van der Waals surface area contributed by atoms with E-state index in [9.17, 15) is 9.59 Å². The summed E-state index contributed by atoms with van der Waals surface area (Å²) in [6.45, 7) is 0. The summed E-state index contributed by atoms with van der Waals surface area (Å²) in [5.74, 6) is -0.629. The lowest BCUT2D eigenvalue weighted by Gasteiger charge is -2.17. The van der Waals surface area contributed by atoms with Gasteiger partial charge in [-0.2, -0.15) is 0 Å². The lowest BCUT2D eigenvalue weighted by molar-refractivity contribution is 0.0926. The average Bonchev–Trinajstić information content (AvgIpc) is 3.13. The number of fused-ring (bicyclic) bond motifs is 2. The van der Waals surface area contributed by atoms with Gasteiger partial charge >= 0.3 is 0 Å². The molecule has 5 heteroatoms. The molecule has 4 aromatic rings. The van der Waals surface area contributed by atoms with Crippen LogP contribution in [-0.2, 0) is 7.05 Å². The number of hydrogen-bond acceptors (Lipinski definition) is 2. The molecular formula is C23H15ClN2O2. The van der Waals surface area contributed by atoms with Crippen LogP contribution in [0.4, 0.5) is 5.69 Å². The smallest absolute Gasteiger partial charge is 0.266 e. The summed E-state index contributed by atoms with van der Waals surface area (Å²) in [6, 6.07) is 22.2. The van der Waals surface area contributed by atoms with Crippen molar-refractivity contribution in [1.82, 2.24) is 4.57 Å². The number of benzene rings is 3. The number of hydrogen-bond donors (Lipinski definition) is 0. The maximum absolute atomic E-state index is 13.2. The standard InChI is InChI=1S/C23H15ClN2O2/c1-25-19-12-11-15(24)13-18(19)21(20(25)14-7-3-2-4-8-14)26-22(27)16-9-5-6-10-17(16)23(26)28/h2-13H,1H3. The number of aryl methyl sites for hydroxylation is 1. The van der Waals surface area contributed by atoms with E-state index in [0.29, 0.717) is 21.8 Å². The Morgan fingerprint density at radius 3 is 2.04 bits per heavy atom. The fourth-order valence-electron chi connectivity index (χ4n) is 3.94. The van der Waals surface area contributed by atoms with Gasteiger partial charge in [-0.25, -0.2) is 4.90 Å². The van der Waals surface area contributed by atoms with Gasteiger partial charge in [0.25, 0.3) is 11.8 Å². The highest BCUT2D eigenvalue weighted by molar-refractivity contribution is 6.38. The Bertz CT molecular complexity index is 1240. The Balaban J connectivity index is 1.86. The zero-order valence-corrected chi connectivity index (χ0v) is 15.8. The summed E-state index contributed by atoms with van der Waals surface area (Å²) >= 11 is 6.27. The fourth-order valence-corrected chi connectivity index (χ4v) is 4.11. The molecule has 1 aromatic heterocycles. The molecular weight excluding hydrogens is 372 g/mol. The van der Waals surface area contributed by atoms with Crippen LogP contribution in [0.2, 0.25) is 5.02 Å². The number of carbonyl (C=O) groups is 2. The maximum Gasteiger partial charge on any atom is 0.266 e. The number of halogens is 1. The van der Waals surface area contributed by atoms with Crippen molar-refractivity contribution in [3.8, 4) is 11.3 Å². The maximum atomic E-state index is 13.2. The van der Waals surface area contributed by atoms with E-state index >= 15 is 0 Å². The third kappa shape index (κ3) is 2.25. The van der Waals surface area contributed by atoms with Crippen molar-refractivity contribution in [3.05, 3.63) is 88.9 Å². The van der Waals surface area contributed by atoms with Gasteiger partial charge in [0.15, 0.2) is 0 Å². The predicted molar refractivity (Wildman–Crippen MR) is 111 cm³/mol. The zero-order chi connectivity index (χ0) is 19.4. The molecule has 0 fully saturated rings. The van der Waals surface area contributed by atoms with Crippen molar-refractivity contribution in [3.63, 3.8) is 0 Å². The molecule has 0 bridgehead atoms. The molecule has 0 radical (unpaired) electrons. The third-order valence-electron chi connectivity index (χ3n) is 5.20. The minimum Gasteiger partial charge on any atom is -0.342 e. The van der Waals surface area contributed by atoms with Crippen LogP contribution >= 0.6 is 11.6 Å². The molecule has 0 aliphatic carbocycles. The number of imide groups is 1. The number of aromatic nitrogens is 1. The Morgan fingerprint density at radius 2 is 1.39 bits per heavy atom. The normalized spacial score (nSPS) is 13.4. The van der Waals surface area contributed by atoms with Crippen LogP contribution < -0.4 is 4.90 Å². The fraction of sp³-hybridized carbons (Fsp3) is 0.0435. The first-order valence-corrected chi connectivity index (χ1v) is 9.27. The van der Waals surface area contributed by atoms with Crippen molar-refractivity contribution in [2.45, 2.75) is 0 Å². The number of carbonyl (C=O) groups excluding carboxylic acids is 2. The highest BCUT2D eigenvalue weighted by atomic mass is 35.5. The van der Waals surface area contributed by atoms with Crippen LogP contribution in [0.5, 0.6) is 0 Å². The molecule has 136 valence electrons. The summed E-state index contributed by atoms with van der Waals surface area (Å²) in [5, 5.41) is 1.32. The lowest BCUT2D eigenvalue weighted by Crippen LogP contribution is -2.29. The molecule has 0 saturated carbocycles. The van der Waals surface area contributed by atoms with Crippen LogP contribution in [0.15, 0.2) is 72.8 Å². The lowest BCUT2D eigenvalue weighted by atomic mass is 10.1. The first-order valence-electron chi connectivity index (χ1n) is 8.89. The first kappa shape index (κ1) is 16.8. The molecule has 2 heterocycles. The molecule has 3 aromatic carbocycles. The van der Waals surface area contributed by atoms with E-state index in [1.165, 1.54) is 4.90 Å². The van der Waals surface area contributed by atoms with Crippen LogP contribution in [0.1, 0.15) is 20.7 Å². The van der Waals surface area contributed by atoms with E-state index < -0.39 is 0 Å². The van der Waals surface area contributed by atoms with Gasteiger partial charge < -0.3 is 4.57 Å². The van der Waals surface area contributed by atoms with E-state index in [0.717, 1.165) is 22.2 Å². The molecule has 28 heavy (non-hydrogen) atoms. The van der Waals surface area contributed by atoms with Crippen molar-refractivity contribution in [2.75, 3.05) is 4.90 Å². The van der Waals surface area contributed by atoms with Crippen LogP contribution in [0.3, 0.4) is 0 Å². The highest BCUT2D eigenvalue weighted by Gasteiger charge is 2.39. The summed E-state index contributed by atoms with van der Waals surface area (Å²) < 4.78 is 2.00. The molecule has 0 spiro atoms. The summed E-state index contributed by atoms with van der Waals surface area (Å²) in [4.78, 5) is 27.7. The summed E-state index contributed by atoms with van der Waals surface area (Å²) in [6.07, 6.45) is 0. The van der Waals surface area contributed by atoms with Crippen molar-refractivity contribution in [1.29, 1.82) is 0 Å². The van der Waals surface area contributed by atoms with Gasteiger partial charge in [-0.3, -0.25) is 9.59 Å². The Hall–Kier alpha value is -3.37. The number of anilines is 1. The Morgan fingerprint density at radius 1 is 0.786 bits per heavy atom. The molecule has 4 nitrogen and oxygen atoms in total. The molecule has 0 N–H and O–H groups in total. The highest BCUT2D eigenvalue weighted by Crippen LogP contribution is 2.43. The SMILES string of the molecule is Cn1c(-c2ccccc2)c(N2C(=O)c3ccccc3C2=O)c2cc(Cl)ccc21. The van der Waals surface area contributed by atoms with Crippen LogP contribution in [0, 0.1) is 0 Å². The molecule has 0 unspecified atom stereocenters. The third-order valence-corrected chi connectivity index (χ3v) is 5.43. The van der Waals surface area contributed by atoms with Gasteiger partial charge in [-0.1, -0.05) is 54.1 Å². The van der Waals surface area contributed by atoms with Gasteiger partial charge in [0.05, 0.1) is 28.0 Å². The molecule has 1 aliphatic heterocycles. The number of nitrogens with zero attached hydrogens (tertiary/aromatic N) is 2. The molecule has 2 amide bonds. The Kier molecular flexibility index (Phi) is 3.64. The second-order valence-electron chi connectivity index (χ2n) is 6.78. The molecule has 0 saturated heterocycles. The second-order valence-corrected chi connectivity index (χ2v) is 7.21. The van der Waals surface area contributed by atoms with Gasteiger partial charge in [-0.15, -0.1) is 0 Å². The zero-order valence-electron chi connectivity index (χ0n) is 15.0. The number of amides is 2. The monoisotopic (exact) mass is 386 g/mol. The summed E-state index contributed by atoms with van der Waals surface area (Å²) in [5.41, 5.74) is 4.03. The van der Waals surface area contributed by atoms with Crippen molar-refractivity contribution < 1.29 is 9.59 Å². The van der Waals surface area contributed by atoms with Gasteiger partial charge in [0.2, 0.25) is 0 Å².